The molecule has 0 aromatic heterocycles. The number of methoxy groups -OCH3 is 1. The summed E-state index contributed by atoms with van der Waals surface area (Å²) in [6.45, 7) is 2.54. The first-order valence-electron chi connectivity index (χ1n) is 11.9. The number of hydrogen-bond acceptors (Lipinski definition) is 8. The molecule has 2 amide bonds. The molecule has 1 atom stereocenters. The number of sulfonamides is 1. The van der Waals surface area contributed by atoms with Crippen molar-refractivity contribution in [3.05, 3.63) is 54.1 Å². The molecule has 0 bridgehead atoms. The number of aliphatic hydroxyl groups is 1. The highest BCUT2D eigenvalue weighted by Crippen LogP contribution is 2.21. The molecule has 0 aliphatic carbocycles. The highest BCUT2D eigenvalue weighted by atomic mass is 32.2. The second-order valence-electron chi connectivity index (χ2n) is 8.34. The van der Waals surface area contributed by atoms with E-state index < -0.39 is 27.9 Å². The molecular weight excluding hydrogens is 502 g/mol. The van der Waals surface area contributed by atoms with Crippen molar-refractivity contribution in [3.8, 4) is 11.5 Å². The number of benzene rings is 2. The number of aliphatic hydroxyl groups excluding tert-OH is 1. The Morgan fingerprint density at radius 2 is 1.70 bits per heavy atom. The van der Waals surface area contributed by atoms with Crippen LogP contribution in [0.3, 0.4) is 0 Å². The third-order valence-electron chi connectivity index (χ3n) is 5.88. The van der Waals surface area contributed by atoms with Gasteiger partial charge in [0.1, 0.15) is 17.5 Å². The molecule has 2 N–H and O–H groups in total. The molecule has 11 nitrogen and oxygen atoms in total. The summed E-state index contributed by atoms with van der Waals surface area (Å²) in [7, 11) is -2.08. The van der Waals surface area contributed by atoms with E-state index in [1.165, 1.54) is 33.5 Å². The molecule has 1 aliphatic rings. The van der Waals surface area contributed by atoms with Gasteiger partial charge in [-0.3, -0.25) is 9.59 Å². The van der Waals surface area contributed by atoms with Crippen LogP contribution in [0.25, 0.3) is 0 Å². The van der Waals surface area contributed by atoms with Gasteiger partial charge < -0.3 is 29.5 Å². The van der Waals surface area contributed by atoms with Crippen molar-refractivity contribution in [2.45, 2.75) is 24.4 Å². The second-order valence-corrected chi connectivity index (χ2v) is 10.3. The van der Waals surface area contributed by atoms with E-state index in [0.717, 1.165) is 5.56 Å². The Morgan fingerprint density at radius 1 is 1.08 bits per heavy atom. The average Bonchev–Trinajstić information content (AvgIpc) is 2.94. The van der Waals surface area contributed by atoms with Gasteiger partial charge in [-0.2, -0.15) is 4.31 Å². The zero-order valence-electron chi connectivity index (χ0n) is 21.0. The van der Waals surface area contributed by atoms with Crippen molar-refractivity contribution in [3.63, 3.8) is 0 Å². The van der Waals surface area contributed by atoms with Crippen LogP contribution in [0.15, 0.2) is 53.4 Å². The van der Waals surface area contributed by atoms with E-state index in [-0.39, 0.29) is 31.2 Å². The zero-order valence-corrected chi connectivity index (χ0v) is 21.8. The maximum absolute atomic E-state index is 13.1. The molecule has 2 aromatic rings. The minimum absolute atomic E-state index is 0.0734. The number of rotatable bonds is 12. The summed E-state index contributed by atoms with van der Waals surface area (Å²) in [5.41, 5.74) is 0.786. The molecule has 37 heavy (non-hydrogen) atoms. The molecule has 12 heteroatoms. The molecule has 0 saturated carbocycles. The van der Waals surface area contributed by atoms with Crippen LogP contribution in [-0.2, 0) is 30.9 Å². The first kappa shape index (κ1) is 28.4. The summed E-state index contributed by atoms with van der Waals surface area (Å²) in [6, 6.07) is 12.1. The van der Waals surface area contributed by atoms with Gasteiger partial charge in [-0.05, 0) is 48.9 Å². The fourth-order valence-corrected chi connectivity index (χ4v) is 5.12. The predicted molar refractivity (Wildman–Crippen MR) is 135 cm³/mol. The van der Waals surface area contributed by atoms with Gasteiger partial charge in [0.2, 0.25) is 15.9 Å². The standard InChI is InChI=1S/C25H33N3O8S/c1-19(25(31)26-11-14-29)28(17-20-3-5-21(34-2)6-4-20)24(30)18-36-22-7-9-23(10-8-22)37(32,33)27-12-15-35-16-13-27/h3-10,19,29H,11-18H2,1-2H3,(H,26,31)/t19-/m0/s1. The summed E-state index contributed by atoms with van der Waals surface area (Å²) in [5.74, 6) is 0.134. The van der Waals surface area contributed by atoms with Gasteiger partial charge in [-0.25, -0.2) is 8.42 Å². The lowest BCUT2D eigenvalue weighted by molar-refractivity contribution is -0.142. The number of nitrogens with one attached hydrogen (secondary N) is 1. The monoisotopic (exact) mass is 535 g/mol. The van der Waals surface area contributed by atoms with E-state index in [9.17, 15) is 18.0 Å². The summed E-state index contributed by atoms with van der Waals surface area (Å²) < 4.78 is 43.0. The number of hydrogen-bond donors (Lipinski definition) is 2. The van der Waals surface area contributed by atoms with E-state index in [1.54, 1.807) is 38.3 Å². The highest BCUT2D eigenvalue weighted by molar-refractivity contribution is 7.89. The molecule has 1 fully saturated rings. The Kier molecular flexibility index (Phi) is 10.3. The normalized spacial score (nSPS) is 15.0. The van der Waals surface area contributed by atoms with Crippen molar-refractivity contribution >= 4 is 21.8 Å². The Bertz CT molecular complexity index is 1130. The van der Waals surface area contributed by atoms with Gasteiger partial charge in [0, 0.05) is 26.2 Å². The Balaban J connectivity index is 1.68. The topological polar surface area (TPSA) is 135 Å². The van der Waals surface area contributed by atoms with E-state index >= 15 is 0 Å². The Labute approximate surface area is 217 Å². The number of ether oxygens (including phenoxy) is 3. The van der Waals surface area contributed by atoms with Crippen LogP contribution in [0.1, 0.15) is 12.5 Å². The molecule has 1 aliphatic heterocycles. The van der Waals surface area contributed by atoms with Crippen molar-refractivity contribution in [2.75, 3.05) is 53.2 Å². The molecule has 1 saturated heterocycles. The molecule has 202 valence electrons. The quantitative estimate of drug-likeness (QED) is 0.404. The second kappa shape index (κ2) is 13.4. The third kappa shape index (κ3) is 7.65. The van der Waals surface area contributed by atoms with Crippen molar-refractivity contribution in [1.82, 2.24) is 14.5 Å². The molecule has 0 spiro atoms. The minimum Gasteiger partial charge on any atom is -0.497 e. The van der Waals surface area contributed by atoms with E-state index in [1.807, 2.05) is 0 Å². The fourth-order valence-electron chi connectivity index (χ4n) is 3.71. The van der Waals surface area contributed by atoms with Crippen LogP contribution in [0.5, 0.6) is 11.5 Å². The van der Waals surface area contributed by atoms with Crippen LogP contribution in [0.4, 0.5) is 0 Å². The first-order chi connectivity index (χ1) is 17.8. The van der Waals surface area contributed by atoms with Gasteiger partial charge in [0.25, 0.3) is 5.91 Å². The van der Waals surface area contributed by atoms with Gasteiger partial charge in [-0.1, -0.05) is 12.1 Å². The summed E-state index contributed by atoms with van der Waals surface area (Å²) >= 11 is 0. The number of carbonyl (C=O) groups excluding carboxylic acids is 2. The maximum atomic E-state index is 13.1. The SMILES string of the molecule is COc1ccc(CN(C(=O)COc2ccc(S(=O)(=O)N3CCOCC3)cc2)[C@@H](C)C(=O)NCCO)cc1. The number of amides is 2. The van der Waals surface area contributed by atoms with Crippen LogP contribution in [-0.4, -0.2) is 93.8 Å². The van der Waals surface area contributed by atoms with Crippen LogP contribution < -0.4 is 14.8 Å². The summed E-state index contributed by atoms with van der Waals surface area (Å²) in [5, 5.41) is 11.6. The highest BCUT2D eigenvalue weighted by Gasteiger charge is 2.28. The summed E-state index contributed by atoms with van der Waals surface area (Å²) in [4.78, 5) is 27.2. The Hall–Kier alpha value is -3.19. The zero-order chi connectivity index (χ0) is 26.8. The average molecular weight is 536 g/mol. The van der Waals surface area contributed by atoms with E-state index in [2.05, 4.69) is 5.32 Å². The van der Waals surface area contributed by atoms with Gasteiger partial charge in [-0.15, -0.1) is 0 Å². The van der Waals surface area contributed by atoms with Crippen LogP contribution in [0, 0.1) is 0 Å². The van der Waals surface area contributed by atoms with Gasteiger partial charge in [0.05, 0.1) is 31.8 Å². The lowest BCUT2D eigenvalue weighted by Gasteiger charge is -2.28. The van der Waals surface area contributed by atoms with Crippen molar-refractivity contribution in [1.29, 1.82) is 0 Å². The van der Waals surface area contributed by atoms with E-state index in [4.69, 9.17) is 19.3 Å². The fraction of sp³-hybridized carbons (Fsp3) is 0.440. The van der Waals surface area contributed by atoms with Gasteiger partial charge in [0.15, 0.2) is 6.61 Å². The molecule has 0 unspecified atom stereocenters. The summed E-state index contributed by atoms with van der Waals surface area (Å²) in [6.07, 6.45) is 0. The third-order valence-corrected chi connectivity index (χ3v) is 7.80. The number of morpholine rings is 1. The lowest BCUT2D eigenvalue weighted by atomic mass is 10.1. The molecule has 1 heterocycles. The number of nitrogens with zero attached hydrogens (tertiary/aromatic N) is 2. The molecular formula is C25H33N3O8S. The van der Waals surface area contributed by atoms with Crippen LogP contribution >= 0.6 is 0 Å². The molecule has 2 aromatic carbocycles. The predicted octanol–water partition coefficient (Wildman–Crippen LogP) is 0.621. The molecule has 3 rings (SSSR count). The largest absolute Gasteiger partial charge is 0.497 e. The van der Waals surface area contributed by atoms with Crippen molar-refractivity contribution in [2.24, 2.45) is 0 Å². The maximum Gasteiger partial charge on any atom is 0.261 e. The first-order valence-corrected chi connectivity index (χ1v) is 13.3. The lowest BCUT2D eigenvalue weighted by Crippen LogP contribution is -2.49. The van der Waals surface area contributed by atoms with Crippen molar-refractivity contribution < 1.29 is 37.3 Å². The number of carbonyl (C=O) groups is 2. The smallest absolute Gasteiger partial charge is 0.261 e. The molecule has 0 radical (unpaired) electrons. The Morgan fingerprint density at radius 3 is 2.30 bits per heavy atom. The van der Waals surface area contributed by atoms with Gasteiger partial charge >= 0.3 is 0 Å². The minimum atomic E-state index is -3.64. The van der Waals surface area contributed by atoms with E-state index in [0.29, 0.717) is 37.8 Å². The van der Waals surface area contributed by atoms with Crippen LogP contribution in [0.2, 0.25) is 0 Å².